The first kappa shape index (κ1) is 5.22. The van der Waals surface area contributed by atoms with Crippen molar-refractivity contribution in [3.05, 3.63) is 24.7 Å². The van der Waals surface area contributed by atoms with E-state index in [-0.39, 0.29) is 0 Å². The molecule has 50 valence electrons. The fourth-order valence-electron chi connectivity index (χ4n) is 0.777. The molecule has 2 rings (SSSR count). The summed E-state index contributed by atoms with van der Waals surface area (Å²) in [7, 11) is 0. The number of nitrogens with zero attached hydrogens (tertiary/aromatic N) is 3. The summed E-state index contributed by atoms with van der Waals surface area (Å²) in [5.41, 5.74) is 2.94. The topological polar surface area (TPSA) is 40.0 Å². The van der Waals surface area contributed by atoms with Crippen molar-refractivity contribution in [2.75, 3.05) is 0 Å². The Balaban J connectivity index is 2.34. The number of rotatable bonds is 0. The zero-order valence-electron chi connectivity index (χ0n) is 5.23. The molecule has 0 saturated heterocycles. The van der Waals surface area contributed by atoms with Gasteiger partial charge in [-0.2, -0.15) is 0 Å². The van der Waals surface area contributed by atoms with Crippen LogP contribution in [0.1, 0.15) is 0 Å². The van der Waals surface area contributed by atoms with Crippen LogP contribution in [0.15, 0.2) is 34.7 Å². The normalized spacial score (nSPS) is 20.0. The molecule has 0 aliphatic carbocycles. The zero-order chi connectivity index (χ0) is 6.81. The highest BCUT2D eigenvalue weighted by Gasteiger charge is 2.08. The lowest BCUT2D eigenvalue weighted by molar-refractivity contribution is 0.466. The fraction of sp³-hybridized carbons (Fsp3) is 0. The van der Waals surface area contributed by atoms with Gasteiger partial charge in [0.25, 0.3) is 0 Å². The number of hydrogen-bond acceptors (Lipinski definition) is 4. The third kappa shape index (κ3) is 0.699. The Kier molecular flexibility index (Phi) is 1.04. The highest BCUT2D eigenvalue weighted by Crippen LogP contribution is 2.00. The van der Waals surface area contributed by atoms with E-state index in [0.717, 1.165) is 0 Å². The van der Waals surface area contributed by atoms with Gasteiger partial charge in [0.1, 0.15) is 0 Å². The first-order valence-corrected chi connectivity index (χ1v) is 2.96. The minimum absolute atomic E-state index is 0.671. The number of aliphatic imine (C=N–C) groups is 2. The summed E-state index contributed by atoms with van der Waals surface area (Å²) in [6, 6.07) is 0. The first-order valence-electron chi connectivity index (χ1n) is 2.96. The standard InChI is InChI=1S/C6H6N4/c1-2-7-6-8-3-4-9-10(6)5-1/h1-5,9H. The van der Waals surface area contributed by atoms with Gasteiger partial charge in [0.15, 0.2) is 0 Å². The van der Waals surface area contributed by atoms with E-state index >= 15 is 0 Å². The molecule has 4 nitrogen and oxygen atoms in total. The summed E-state index contributed by atoms with van der Waals surface area (Å²) in [5.74, 6) is 0.671. The molecular weight excluding hydrogens is 128 g/mol. The largest absolute Gasteiger partial charge is 0.297 e. The maximum absolute atomic E-state index is 4.00. The molecule has 0 atom stereocenters. The van der Waals surface area contributed by atoms with Crippen LogP contribution >= 0.6 is 0 Å². The van der Waals surface area contributed by atoms with Crippen molar-refractivity contribution in [1.29, 1.82) is 0 Å². The van der Waals surface area contributed by atoms with E-state index in [2.05, 4.69) is 15.4 Å². The van der Waals surface area contributed by atoms with Crippen LogP contribution in [-0.2, 0) is 0 Å². The Hall–Kier alpha value is -1.58. The van der Waals surface area contributed by atoms with E-state index in [1.54, 1.807) is 23.6 Å². The van der Waals surface area contributed by atoms with Crippen LogP contribution in [0.2, 0.25) is 0 Å². The molecule has 0 unspecified atom stereocenters. The number of allylic oxidation sites excluding steroid dienone is 1. The predicted octanol–water partition coefficient (Wildman–Crippen LogP) is 0.232. The summed E-state index contributed by atoms with van der Waals surface area (Å²) >= 11 is 0. The highest BCUT2D eigenvalue weighted by molar-refractivity contribution is 5.94. The smallest absolute Gasteiger partial charge is 0.248 e. The van der Waals surface area contributed by atoms with Gasteiger partial charge in [-0.1, -0.05) is 0 Å². The van der Waals surface area contributed by atoms with Gasteiger partial charge >= 0.3 is 0 Å². The molecule has 1 N–H and O–H groups in total. The number of nitrogens with one attached hydrogen (secondary N) is 1. The van der Waals surface area contributed by atoms with Crippen LogP contribution in [0.5, 0.6) is 0 Å². The van der Waals surface area contributed by atoms with E-state index in [4.69, 9.17) is 0 Å². The minimum Gasteiger partial charge on any atom is -0.297 e. The minimum atomic E-state index is 0.671. The van der Waals surface area contributed by atoms with Crippen molar-refractivity contribution in [1.82, 2.24) is 10.4 Å². The van der Waals surface area contributed by atoms with Gasteiger partial charge in [-0.25, -0.2) is 15.0 Å². The first-order chi connectivity index (χ1) is 4.97. The molecule has 0 aromatic rings. The van der Waals surface area contributed by atoms with Gasteiger partial charge in [0.05, 0.1) is 0 Å². The Bertz CT molecular complexity index is 248. The lowest BCUT2D eigenvalue weighted by atomic mass is 10.5. The van der Waals surface area contributed by atoms with Gasteiger partial charge in [-0.15, -0.1) is 0 Å². The van der Waals surface area contributed by atoms with Gasteiger partial charge < -0.3 is 0 Å². The van der Waals surface area contributed by atoms with E-state index in [9.17, 15) is 0 Å². The van der Waals surface area contributed by atoms with Crippen LogP contribution in [0.3, 0.4) is 0 Å². The summed E-state index contributed by atoms with van der Waals surface area (Å²) in [4.78, 5) is 8.00. The Morgan fingerprint density at radius 3 is 3.40 bits per heavy atom. The number of hydrogen-bond donors (Lipinski definition) is 1. The molecule has 2 aliphatic heterocycles. The molecule has 2 aliphatic rings. The van der Waals surface area contributed by atoms with E-state index in [1.165, 1.54) is 0 Å². The molecule has 10 heavy (non-hydrogen) atoms. The third-order valence-electron chi connectivity index (χ3n) is 1.20. The zero-order valence-corrected chi connectivity index (χ0v) is 5.23. The van der Waals surface area contributed by atoms with Crippen LogP contribution in [0.25, 0.3) is 0 Å². The van der Waals surface area contributed by atoms with Crippen LogP contribution in [0, 0.1) is 0 Å². The van der Waals surface area contributed by atoms with E-state index < -0.39 is 0 Å². The second kappa shape index (κ2) is 1.98. The highest BCUT2D eigenvalue weighted by atomic mass is 15.6. The van der Waals surface area contributed by atoms with Crippen molar-refractivity contribution >= 4 is 12.2 Å². The average Bonchev–Trinajstić information content (AvgIpc) is 2.05. The molecule has 0 aromatic heterocycles. The summed E-state index contributed by atoms with van der Waals surface area (Å²) in [6.45, 7) is 0. The summed E-state index contributed by atoms with van der Waals surface area (Å²) < 4.78 is 0. The maximum atomic E-state index is 4.00. The SMILES string of the molecule is C1=CN2NC=CN=C2N=C1. The Morgan fingerprint density at radius 2 is 2.50 bits per heavy atom. The summed E-state index contributed by atoms with van der Waals surface area (Å²) in [5, 5.41) is 1.74. The second-order valence-corrected chi connectivity index (χ2v) is 1.86. The lowest BCUT2D eigenvalue weighted by Gasteiger charge is -2.22. The molecule has 0 spiro atoms. The monoisotopic (exact) mass is 134 g/mol. The second-order valence-electron chi connectivity index (χ2n) is 1.86. The van der Waals surface area contributed by atoms with Crippen LogP contribution in [-0.4, -0.2) is 17.2 Å². The predicted molar refractivity (Wildman–Crippen MR) is 39.2 cm³/mol. The van der Waals surface area contributed by atoms with Crippen LogP contribution in [0.4, 0.5) is 0 Å². The Labute approximate surface area is 58.2 Å². The quantitative estimate of drug-likeness (QED) is 0.515. The summed E-state index contributed by atoms with van der Waals surface area (Å²) in [6.07, 6.45) is 8.81. The van der Waals surface area contributed by atoms with Gasteiger partial charge in [-0.05, 0) is 6.08 Å². The van der Waals surface area contributed by atoms with Crippen molar-refractivity contribution in [2.24, 2.45) is 9.98 Å². The fourth-order valence-corrected chi connectivity index (χ4v) is 0.777. The average molecular weight is 134 g/mol. The van der Waals surface area contributed by atoms with Crippen molar-refractivity contribution < 1.29 is 0 Å². The molecule has 0 amide bonds. The third-order valence-corrected chi connectivity index (χ3v) is 1.20. The van der Waals surface area contributed by atoms with Crippen LogP contribution < -0.4 is 5.43 Å². The van der Waals surface area contributed by atoms with Gasteiger partial charge in [-0.3, -0.25) is 5.43 Å². The number of guanidine groups is 1. The van der Waals surface area contributed by atoms with E-state index in [1.807, 2.05) is 12.3 Å². The number of hydrazine groups is 1. The van der Waals surface area contributed by atoms with Gasteiger partial charge in [0.2, 0.25) is 5.96 Å². The molecule has 2 heterocycles. The molecule has 0 fully saturated rings. The molecule has 4 heteroatoms. The lowest BCUT2D eigenvalue weighted by Crippen LogP contribution is -2.37. The molecule has 0 bridgehead atoms. The van der Waals surface area contributed by atoms with Crippen molar-refractivity contribution in [2.45, 2.75) is 0 Å². The molecule has 0 aromatic carbocycles. The maximum Gasteiger partial charge on any atom is 0.248 e. The molecular formula is C6H6N4. The van der Waals surface area contributed by atoms with Crippen molar-refractivity contribution in [3.8, 4) is 0 Å². The van der Waals surface area contributed by atoms with Crippen molar-refractivity contribution in [3.63, 3.8) is 0 Å². The Morgan fingerprint density at radius 1 is 1.50 bits per heavy atom. The number of fused-ring (bicyclic) bond motifs is 1. The molecule has 0 saturated carbocycles. The van der Waals surface area contributed by atoms with Gasteiger partial charge in [0, 0.05) is 24.8 Å². The van der Waals surface area contributed by atoms with E-state index in [0.29, 0.717) is 5.96 Å². The molecule has 0 radical (unpaired) electrons.